The molecule has 0 atom stereocenters. The van der Waals surface area contributed by atoms with E-state index >= 15 is 0 Å². The van der Waals surface area contributed by atoms with Crippen molar-refractivity contribution >= 4 is 0 Å². The summed E-state index contributed by atoms with van der Waals surface area (Å²) in [5.41, 5.74) is 2.15. The van der Waals surface area contributed by atoms with E-state index in [4.69, 9.17) is 9.47 Å². The maximum Gasteiger partial charge on any atom is 0.165 e. The van der Waals surface area contributed by atoms with Crippen LogP contribution < -0.4 is 9.47 Å². The molecule has 0 spiro atoms. The van der Waals surface area contributed by atoms with Crippen LogP contribution in [-0.2, 0) is 6.61 Å². The Hall–Kier alpha value is -2.88. The summed E-state index contributed by atoms with van der Waals surface area (Å²) in [5, 5.41) is 0. The molecule has 176 valence electrons. The van der Waals surface area contributed by atoms with Crippen LogP contribution in [0.1, 0.15) is 63.9 Å². The smallest absolute Gasteiger partial charge is 0.165 e. The lowest BCUT2D eigenvalue weighted by Crippen LogP contribution is -2.00. The van der Waals surface area contributed by atoms with Gasteiger partial charge in [0.2, 0.25) is 0 Å². The fourth-order valence-corrected chi connectivity index (χ4v) is 3.75. The molecule has 33 heavy (non-hydrogen) atoms. The van der Waals surface area contributed by atoms with Crippen molar-refractivity contribution in [2.45, 2.75) is 64.9 Å². The summed E-state index contributed by atoms with van der Waals surface area (Å²) < 4.78 is 40.3. The van der Waals surface area contributed by atoms with Gasteiger partial charge in [0.05, 0.1) is 6.61 Å². The molecule has 4 heteroatoms. The number of hydrogen-bond acceptors (Lipinski definition) is 2. The minimum atomic E-state index is -0.473. The number of rotatable bonds is 14. The van der Waals surface area contributed by atoms with Gasteiger partial charge in [0.1, 0.15) is 6.61 Å². The van der Waals surface area contributed by atoms with Gasteiger partial charge >= 0.3 is 0 Å². The van der Waals surface area contributed by atoms with E-state index in [2.05, 4.69) is 6.92 Å². The number of benzene rings is 3. The molecule has 0 N–H and O–H groups in total. The highest BCUT2D eigenvalue weighted by Crippen LogP contribution is 2.29. The Balaban J connectivity index is 1.47. The Morgan fingerprint density at radius 3 is 1.73 bits per heavy atom. The van der Waals surface area contributed by atoms with E-state index in [0.29, 0.717) is 17.7 Å². The standard InChI is InChI=1S/C29H34F2O2/c1-2-3-4-5-6-7-8-12-19-32-28-17-15-24(20-26(28)30)25-16-18-29(27(31)21-25)33-22-23-13-10-9-11-14-23/h9-11,13-18,20-21H,2-8,12,19,22H2,1H3. The van der Waals surface area contributed by atoms with Crippen molar-refractivity contribution in [1.29, 1.82) is 0 Å². The summed E-state index contributed by atoms with van der Waals surface area (Å²) in [6, 6.07) is 19.0. The first-order chi connectivity index (χ1) is 16.2. The molecule has 3 aromatic carbocycles. The van der Waals surface area contributed by atoms with Gasteiger partial charge in [-0.2, -0.15) is 0 Å². The molecule has 0 aliphatic rings. The fraction of sp³-hybridized carbons (Fsp3) is 0.379. The SMILES string of the molecule is CCCCCCCCCCOc1ccc(-c2ccc(OCc3ccccc3)c(F)c2)cc1F. The average molecular weight is 453 g/mol. The highest BCUT2D eigenvalue weighted by Gasteiger charge is 2.10. The van der Waals surface area contributed by atoms with Crippen molar-refractivity contribution in [3.63, 3.8) is 0 Å². The van der Waals surface area contributed by atoms with Crippen molar-refractivity contribution in [2.24, 2.45) is 0 Å². The van der Waals surface area contributed by atoms with Gasteiger partial charge in [0.15, 0.2) is 23.1 Å². The third-order valence-electron chi connectivity index (χ3n) is 5.69. The summed E-state index contributed by atoms with van der Waals surface area (Å²) >= 11 is 0. The zero-order valence-corrected chi connectivity index (χ0v) is 19.5. The summed E-state index contributed by atoms with van der Waals surface area (Å²) in [5.74, 6) is -0.492. The zero-order chi connectivity index (χ0) is 23.3. The van der Waals surface area contributed by atoms with E-state index in [1.54, 1.807) is 24.3 Å². The quantitative estimate of drug-likeness (QED) is 0.228. The second-order valence-corrected chi connectivity index (χ2v) is 8.39. The van der Waals surface area contributed by atoms with E-state index in [0.717, 1.165) is 18.4 Å². The predicted octanol–water partition coefficient (Wildman–Crippen LogP) is 8.73. The van der Waals surface area contributed by atoms with Crippen LogP contribution in [0.2, 0.25) is 0 Å². The van der Waals surface area contributed by atoms with E-state index in [1.165, 1.54) is 50.7 Å². The number of hydrogen-bond donors (Lipinski definition) is 0. The van der Waals surface area contributed by atoms with Crippen molar-refractivity contribution in [2.75, 3.05) is 6.61 Å². The third-order valence-corrected chi connectivity index (χ3v) is 5.69. The first kappa shape index (κ1) is 24.8. The Morgan fingerprint density at radius 1 is 0.606 bits per heavy atom. The molecular formula is C29H34F2O2. The Labute approximate surface area is 196 Å². The lowest BCUT2D eigenvalue weighted by Gasteiger charge is -2.11. The summed E-state index contributed by atoms with van der Waals surface area (Å²) in [4.78, 5) is 0. The van der Waals surface area contributed by atoms with Crippen LogP contribution in [0.5, 0.6) is 11.5 Å². The Morgan fingerprint density at radius 2 is 1.15 bits per heavy atom. The molecule has 0 aliphatic heterocycles. The summed E-state index contributed by atoms with van der Waals surface area (Å²) in [7, 11) is 0. The third kappa shape index (κ3) is 8.20. The second-order valence-electron chi connectivity index (χ2n) is 8.39. The van der Waals surface area contributed by atoms with Gasteiger partial charge in [-0.15, -0.1) is 0 Å². The van der Waals surface area contributed by atoms with Crippen LogP contribution in [0.25, 0.3) is 11.1 Å². The van der Waals surface area contributed by atoms with Gasteiger partial charge in [-0.1, -0.05) is 94.3 Å². The minimum absolute atomic E-state index is 0.174. The average Bonchev–Trinajstić information content (AvgIpc) is 2.83. The molecule has 0 saturated carbocycles. The second kappa shape index (κ2) is 13.6. The maximum atomic E-state index is 14.5. The molecule has 0 aromatic heterocycles. The van der Waals surface area contributed by atoms with Crippen LogP contribution >= 0.6 is 0 Å². The molecule has 0 saturated heterocycles. The van der Waals surface area contributed by atoms with Crippen molar-refractivity contribution < 1.29 is 18.3 Å². The van der Waals surface area contributed by atoms with E-state index in [9.17, 15) is 8.78 Å². The van der Waals surface area contributed by atoms with Gasteiger partial charge < -0.3 is 9.47 Å². The van der Waals surface area contributed by atoms with E-state index in [-0.39, 0.29) is 18.1 Å². The zero-order valence-electron chi connectivity index (χ0n) is 19.5. The molecule has 0 fully saturated rings. The predicted molar refractivity (Wildman–Crippen MR) is 131 cm³/mol. The molecule has 0 amide bonds. The largest absolute Gasteiger partial charge is 0.491 e. The van der Waals surface area contributed by atoms with Gasteiger partial charge in [0.25, 0.3) is 0 Å². The maximum absolute atomic E-state index is 14.5. The molecule has 0 bridgehead atoms. The highest BCUT2D eigenvalue weighted by atomic mass is 19.1. The minimum Gasteiger partial charge on any atom is -0.491 e. The topological polar surface area (TPSA) is 18.5 Å². The molecule has 3 aromatic rings. The van der Waals surface area contributed by atoms with E-state index in [1.807, 2.05) is 30.3 Å². The van der Waals surface area contributed by atoms with Crippen molar-refractivity contribution in [3.05, 3.63) is 83.9 Å². The molecule has 0 radical (unpaired) electrons. The van der Waals surface area contributed by atoms with Crippen LogP contribution in [0.4, 0.5) is 8.78 Å². The number of halogens is 2. The van der Waals surface area contributed by atoms with Crippen LogP contribution in [0.15, 0.2) is 66.7 Å². The monoisotopic (exact) mass is 452 g/mol. The highest BCUT2D eigenvalue weighted by molar-refractivity contribution is 5.65. The van der Waals surface area contributed by atoms with Gasteiger partial charge in [0, 0.05) is 0 Å². The lowest BCUT2D eigenvalue weighted by molar-refractivity contribution is 0.290. The van der Waals surface area contributed by atoms with Crippen LogP contribution in [-0.4, -0.2) is 6.61 Å². The van der Waals surface area contributed by atoms with Gasteiger partial charge in [-0.05, 0) is 47.4 Å². The van der Waals surface area contributed by atoms with E-state index < -0.39 is 11.6 Å². The molecular weight excluding hydrogens is 418 g/mol. The summed E-state index contributed by atoms with van der Waals surface area (Å²) in [6.07, 6.45) is 9.68. The molecule has 0 heterocycles. The van der Waals surface area contributed by atoms with Gasteiger partial charge in [-0.3, -0.25) is 0 Å². The number of ether oxygens (including phenoxy) is 2. The van der Waals surface area contributed by atoms with Gasteiger partial charge in [-0.25, -0.2) is 8.78 Å². The Bertz CT molecular complexity index is 973. The lowest BCUT2D eigenvalue weighted by atomic mass is 10.0. The van der Waals surface area contributed by atoms with Crippen LogP contribution in [0.3, 0.4) is 0 Å². The van der Waals surface area contributed by atoms with Crippen molar-refractivity contribution in [3.8, 4) is 22.6 Å². The van der Waals surface area contributed by atoms with Crippen LogP contribution in [0, 0.1) is 11.6 Å². The Kier molecular flexibility index (Phi) is 10.2. The van der Waals surface area contributed by atoms with Crippen molar-refractivity contribution in [1.82, 2.24) is 0 Å². The molecule has 0 unspecified atom stereocenters. The summed E-state index contributed by atoms with van der Waals surface area (Å²) in [6.45, 7) is 3.02. The molecule has 3 rings (SSSR count). The fourth-order valence-electron chi connectivity index (χ4n) is 3.75. The number of unbranched alkanes of at least 4 members (excludes halogenated alkanes) is 7. The normalized spacial score (nSPS) is 10.9. The molecule has 2 nitrogen and oxygen atoms in total. The first-order valence-corrected chi connectivity index (χ1v) is 12.1. The molecule has 0 aliphatic carbocycles. The first-order valence-electron chi connectivity index (χ1n) is 12.1.